The second-order valence-electron chi connectivity index (χ2n) is 4.24. The van der Waals surface area contributed by atoms with E-state index in [0.29, 0.717) is 13.2 Å². The highest BCUT2D eigenvalue weighted by atomic mass is 32.1. The Bertz CT molecular complexity index is 549. The van der Waals surface area contributed by atoms with Crippen LogP contribution in [-0.4, -0.2) is 19.1 Å². The number of nitrogens with one attached hydrogen (secondary N) is 1. The lowest BCUT2D eigenvalue weighted by molar-refractivity contribution is 0.0947. The van der Waals surface area contributed by atoms with Crippen molar-refractivity contribution in [3.8, 4) is 5.75 Å². The first-order chi connectivity index (χ1) is 9.16. The smallest absolute Gasteiger partial charge is 0.252 e. The number of benzene rings is 1. The summed E-state index contributed by atoms with van der Waals surface area (Å²) in [5, 5.41) is 2.87. The van der Waals surface area contributed by atoms with Gasteiger partial charge >= 0.3 is 0 Å². The number of aryl methyl sites for hydroxylation is 2. The number of rotatable bonds is 5. The van der Waals surface area contributed by atoms with Gasteiger partial charge in [-0.15, -0.1) is 11.3 Å². The van der Waals surface area contributed by atoms with Crippen LogP contribution < -0.4 is 10.1 Å². The lowest BCUT2D eigenvalue weighted by Gasteiger charge is -2.07. The summed E-state index contributed by atoms with van der Waals surface area (Å²) in [5.74, 6) is 0.790. The Morgan fingerprint density at radius 1 is 1.26 bits per heavy atom. The molecular formula is C15H17NO2S. The van der Waals surface area contributed by atoms with Gasteiger partial charge in [-0.3, -0.25) is 4.79 Å². The van der Waals surface area contributed by atoms with Crippen LogP contribution in [0, 0.1) is 13.8 Å². The molecular weight excluding hydrogens is 258 g/mol. The number of thiophene rings is 1. The molecule has 0 unspecified atom stereocenters. The van der Waals surface area contributed by atoms with Crippen molar-refractivity contribution in [1.29, 1.82) is 0 Å². The van der Waals surface area contributed by atoms with E-state index < -0.39 is 0 Å². The summed E-state index contributed by atoms with van der Waals surface area (Å²) >= 11 is 1.64. The number of hydrogen-bond donors (Lipinski definition) is 1. The predicted octanol–water partition coefficient (Wildman–Crippen LogP) is 3.17. The van der Waals surface area contributed by atoms with Gasteiger partial charge in [0.25, 0.3) is 5.91 Å². The number of carbonyl (C=O) groups is 1. The van der Waals surface area contributed by atoms with Gasteiger partial charge in [-0.05, 0) is 32.0 Å². The number of amides is 1. The minimum atomic E-state index is -0.0292. The minimum Gasteiger partial charge on any atom is -0.492 e. The highest BCUT2D eigenvalue weighted by Gasteiger charge is 2.10. The van der Waals surface area contributed by atoms with Crippen molar-refractivity contribution >= 4 is 17.2 Å². The molecule has 19 heavy (non-hydrogen) atoms. The Balaban J connectivity index is 1.77. The first-order valence-electron chi connectivity index (χ1n) is 6.20. The molecule has 1 heterocycles. The molecule has 0 atom stereocenters. The molecule has 0 saturated heterocycles. The van der Waals surface area contributed by atoms with Crippen LogP contribution in [-0.2, 0) is 0 Å². The summed E-state index contributed by atoms with van der Waals surface area (Å²) in [5.41, 5.74) is 0.766. The summed E-state index contributed by atoms with van der Waals surface area (Å²) in [6.45, 7) is 4.94. The average Bonchev–Trinajstić information content (AvgIpc) is 2.75. The molecule has 0 aliphatic heterocycles. The summed E-state index contributed by atoms with van der Waals surface area (Å²) in [6, 6.07) is 11.5. The molecule has 0 aliphatic carbocycles. The predicted molar refractivity (Wildman–Crippen MR) is 78.1 cm³/mol. The van der Waals surface area contributed by atoms with Crippen molar-refractivity contribution < 1.29 is 9.53 Å². The van der Waals surface area contributed by atoms with Crippen LogP contribution in [0.5, 0.6) is 5.75 Å². The maximum absolute atomic E-state index is 11.9. The minimum absolute atomic E-state index is 0.0292. The van der Waals surface area contributed by atoms with Crippen LogP contribution in [0.3, 0.4) is 0 Å². The standard InChI is InChI=1S/C15H17NO2S/c1-11-10-14(12(2)19-11)15(17)16-8-9-18-13-6-4-3-5-7-13/h3-7,10H,8-9H2,1-2H3,(H,16,17). The van der Waals surface area contributed by atoms with Crippen molar-refractivity contribution in [2.45, 2.75) is 13.8 Å². The molecule has 1 aromatic heterocycles. The number of para-hydroxylation sites is 1. The van der Waals surface area contributed by atoms with E-state index >= 15 is 0 Å². The Labute approximate surface area is 117 Å². The molecule has 2 rings (SSSR count). The van der Waals surface area contributed by atoms with Gasteiger partial charge in [-0.1, -0.05) is 18.2 Å². The zero-order valence-corrected chi connectivity index (χ0v) is 11.9. The van der Waals surface area contributed by atoms with Gasteiger partial charge in [0.1, 0.15) is 12.4 Å². The van der Waals surface area contributed by atoms with E-state index in [4.69, 9.17) is 4.74 Å². The van der Waals surface area contributed by atoms with E-state index in [1.165, 1.54) is 0 Å². The molecule has 1 aromatic carbocycles. The average molecular weight is 275 g/mol. The molecule has 0 saturated carbocycles. The maximum Gasteiger partial charge on any atom is 0.252 e. The number of ether oxygens (including phenoxy) is 1. The fourth-order valence-corrected chi connectivity index (χ4v) is 2.72. The van der Waals surface area contributed by atoms with E-state index in [-0.39, 0.29) is 5.91 Å². The van der Waals surface area contributed by atoms with Crippen LogP contribution in [0.2, 0.25) is 0 Å². The Kier molecular flexibility index (Phi) is 4.58. The molecule has 0 fully saturated rings. The second-order valence-corrected chi connectivity index (χ2v) is 5.70. The normalized spacial score (nSPS) is 10.2. The quantitative estimate of drug-likeness (QED) is 0.851. The van der Waals surface area contributed by atoms with Gasteiger partial charge in [-0.25, -0.2) is 0 Å². The van der Waals surface area contributed by atoms with Gasteiger partial charge in [0.05, 0.1) is 12.1 Å². The molecule has 2 aromatic rings. The molecule has 0 radical (unpaired) electrons. The summed E-state index contributed by atoms with van der Waals surface area (Å²) in [6.07, 6.45) is 0. The highest BCUT2D eigenvalue weighted by molar-refractivity contribution is 7.12. The van der Waals surface area contributed by atoms with Gasteiger partial charge in [0.2, 0.25) is 0 Å². The van der Waals surface area contributed by atoms with Crippen molar-refractivity contribution in [3.63, 3.8) is 0 Å². The van der Waals surface area contributed by atoms with E-state index in [1.54, 1.807) is 11.3 Å². The third-order valence-corrected chi connectivity index (χ3v) is 3.65. The van der Waals surface area contributed by atoms with Gasteiger partial charge in [0, 0.05) is 9.75 Å². The van der Waals surface area contributed by atoms with Crippen LogP contribution in [0.1, 0.15) is 20.1 Å². The van der Waals surface area contributed by atoms with Crippen molar-refractivity contribution in [2.75, 3.05) is 13.2 Å². The van der Waals surface area contributed by atoms with E-state index in [2.05, 4.69) is 5.32 Å². The van der Waals surface area contributed by atoms with Crippen molar-refractivity contribution in [2.24, 2.45) is 0 Å². The maximum atomic E-state index is 11.9. The molecule has 3 nitrogen and oxygen atoms in total. The Morgan fingerprint density at radius 2 is 2.00 bits per heavy atom. The molecule has 1 N–H and O–H groups in total. The molecule has 4 heteroatoms. The summed E-state index contributed by atoms with van der Waals surface area (Å²) in [7, 11) is 0. The summed E-state index contributed by atoms with van der Waals surface area (Å²) in [4.78, 5) is 14.1. The van der Waals surface area contributed by atoms with Gasteiger partial charge < -0.3 is 10.1 Å². The largest absolute Gasteiger partial charge is 0.492 e. The van der Waals surface area contributed by atoms with E-state index in [9.17, 15) is 4.79 Å². The van der Waals surface area contributed by atoms with E-state index in [1.807, 2.05) is 50.2 Å². The van der Waals surface area contributed by atoms with Crippen LogP contribution in [0.15, 0.2) is 36.4 Å². The highest BCUT2D eigenvalue weighted by Crippen LogP contribution is 2.20. The monoisotopic (exact) mass is 275 g/mol. The van der Waals surface area contributed by atoms with Gasteiger partial charge in [-0.2, -0.15) is 0 Å². The van der Waals surface area contributed by atoms with Crippen LogP contribution in [0.4, 0.5) is 0 Å². The molecule has 100 valence electrons. The molecule has 0 spiro atoms. The first kappa shape index (κ1) is 13.6. The lowest BCUT2D eigenvalue weighted by atomic mass is 10.2. The Morgan fingerprint density at radius 3 is 2.63 bits per heavy atom. The van der Waals surface area contributed by atoms with Crippen LogP contribution >= 0.6 is 11.3 Å². The Hall–Kier alpha value is -1.81. The molecule has 1 amide bonds. The topological polar surface area (TPSA) is 38.3 Å². The van der Waals surface area contributed by atoms with Crippen molar-refractivity contribution in [3.05, 3.63) is 51.7 Å². The fraction of sp³-hybridized carbons (Fsp3) is 0.267. The zero-order chi connectivity index (χ0) is 13.7. The summed E-state index contributed by atoms with van der Waals surface area (Å²) < 4.78 is 5.52. The SMILES string of the molecule is Cc1cc(C(=O)NCCOc2ccccc2)c(C)s1. The van der Waals surface area contributed by atoms with Crippen LogP contribution in [0.25, 0.3) is 0 Å². The zero-order valence-electron chi connectivity index (χ0n) is 11.1. The third-order valence-electron chi connectivity index (χ3n) is 2.69. The second kappa shape index (κ2) is 6.38. The third kappa shape index (κ3) is 3.83. The fourth-order valence-electron chi connectivity index (χ4n) is 1.80. The number of hydrogen-bond acceptors (Lipinski definition) is 3. The lowest BCUT2D eigenvalue weighted by Crippen LogP contribution is -2.28. The van der Waals surface area contributed by atoms with E-state index in [0.717, 1.165) is 21.1 Å². The van der Waals surface area contributed by atoms with Crippen molar-refractivity contribution in [1.82, 2.24) is 5.32 Å². The first-order valence-corrected chi connectivity index (χ1v) is 7.01. The number of carbonyl (C=O) groups excluding carboxylic acids is 1. The van der Waals surface area contributed by atoms with Gasteiger partial charge in [0.15, 0.2) is 0 Å². The molecule has 0 aliphatic rings. The molecule has 0 bridgehead atoms.